The maximum absolute atomic E-state index is 11.3. The van der Waals surface area contributed by atoms with E-state index in [9.17, 15) is 4.79 Å². The molecule has 0 aromatic rings. The number of rotatable bonds is 3. The van der Waals surface area contributed by atoms with E-state index in [1.54, 1.807) is 0 Å². The molecule has 0 aromatic carbocycles. The van der Waals surface area contributed by atoms with Crippen molar-refractivity contribution in [2.75, 3.05) is 18.1 Å². The summed E-state index contributed by atoms with van der Waals surface area (Å²) < 4.78 is 0. The second-order valence-electron chi connectivity index (χ2n) is 4.08. The molecule has 1 aliphatic heterocycles. The zero-order chi connectivity index (χ0) is 9.10. The topological polar surface area (TPSA) is 29.1 Å². The largest absolute Gasteiger partial charge is 0.356 e. The lowest BCUT2D eigenvalue weighted by Gasteiger charge is -2.21. The van der Waals surface area contributed by atoms with E-state index in [0.29, 0.717) is 11.8 Å². The van der Waals surface area contributed by atoms with Crippen LogP contribution in [0, 0.1) is 11.8 Å². The number of carbonyl (C=O) groups excluding carboxylic acids is 1. The van der Waals surface area contributed by atoms with Gasteiger partial charge in [-0.25, -0.2) is 0 Å². The molecular formula is C10H17NOS. The summed E-state index contributed by atoms with van der Waals surface area (Å²) in [6, 6.07) is 0. The van der Waals surface area contributed by atoms with E-state index in [1.807, 2.05) is 11.8 Å². The second kappa shape index (κ2) is 4.36. The van der Waals surface area contributed by atoms with Gasteiger partial charge in [-0.3, -0.25) is 4.79 Å². The fourth-order valence-electron chi connectivity index (χ4n) is 1.69. The third-order valence-electron chi connectivity index (χ3n) is 2.85. The molecule has 3 heteroatoms. The molecule has 1 amide bonds. The first-order valence-electron chi connectivity index (χ1n) is 5.21. The van der Waals surface area contributed by atoms with Gasteiger partial charge in [0.1, 0.15) is 0 Å². The fourth-order valence-corrected chi connectivity index (χ4v) is 2.89. The van der Waals surface area contributed by atoms with E-state index in [0.717, 1.165) is 25.3 Å². The molecule has 0 radical (unpaired) electrons. The van der Waals surface area contributed by atoms with Crippen LogP contribution in [-0.4, -0.2) is 24.0 Å². The van der Waals surface area contributed by atoms with Crippen molar-refractivity contribution in [1.29, 1.82) is 0 Å². The van der Waals surface area contributed by atoms with Crippen LogP contribution in [0.2, 0.25) is 0 Å². The highest BCUT2D eigenvalue weighted by atomic mass is 32.2. The maximum Gasteiger partial charge on any atom is 0.223 e. The quantitative estimate of drug-likeness (QED) is 0.749. The van der Waals surface area contributed by atoms with Crippen LogP contribution in [-0.2, 0) is 4.79 Å². The summed E-state index contributed by atoms with van der Waals surface area (Å²) in [6.07, 6.45) is 4.81. The lowest BCUT2D eigenvalue weighted by atomic mass is 10.0. The standard InChI is InChI=1S/C10H17NOS/c12-10(9-1-2-9)11-7-8-3-5-13-6-4-8/h8-9H,1-7H2,(H,11,12). The number of carbonyl (C=O) groups is 1. The summed E-state index contributed by atoms with van der Waals surface area (Å²) in [5.41, 5.74) is 0. The highest BCUT2D eigenvalue weighted by Crippen LogP contribution is 2.29. The summed E-state index contributed by atoms with van der Waals surface area (Å²) in [6.45, 7) is 0.926. The third kappa shape index (κ3) is 2.90. The van der Waals surface area contributed by atoms with Gasteiger partial charge >= 0.3 is 0 Å². The number of thioether (sulfide) groups is 1. The average molecular weight is 199 g/mol. The zero-order valence-corrected chi connectivity index (χ0v) is 8.74. The van der Waals surface area contributed by atoms with Gasteiger partial charge < -0.3 is 5.32 Å². The smallest absolute Gasteiger partial charge is 0.223 e. The number of hydrogen-bond acceptors (Lipinski definition) is 2. The van der Waals surface area contributed by atoms with Gasteiger partial charge in [0.15, 0.2) is 0 Å². The Hall–Kier alpha value is -0.180. The Balaban J connectivity index is 1.62. The summed E-state index contributed by atoms with van der Waals surface area (Å²) in [7, 11) is 0. The molecule has 1 saturated carbocycles. The summed E-state index contributed by atoms with van der Waals surface area (Å²) in [5.74, 6) is 3.99. The Kier molecular flexibility index (Phi) is 3.14. The molecule has 0 unspecified atom stereocenters. The van der Waals surface area contributed by atoms with Gasteiger partial charge in [-0.05, 0) is 43.1 Å². The molecule has 2 fully saturated rings. The van der Waals surface area contributed by atoms with Crippen molar-refractivity contribution >= 4 is 17.7 Å². The number of nitrogens with one attached hydrogen (secondary N) is 1. The van der Waals surface area contributed by atoms with Crippen molar-refractivity contribution in [3.05, 3.63) is 0 Å². The molecular weight excluding hydrogens is 182 g/mol. The first-order chi connectivity index (χ1) is 6.36. The highest BCUT2D eigenvalue weighted by molar-refractivity contribution is 7.99. The predicted octanol–water partition coefficient (Wildman–Crippen LogP) is 1.66. The zero-order valence-electron chi connectivity index (χ0n) is 7.92. The van der Waals surface area contributed by atoms with Crippen LogP contribution in [0.3, 0.4) is 0 Å². The molecule has 2 aliphatic rings. The molecule has 0 aromatic heterocycles. The van der Waals surface area contributed by atoms with Crippen molar-refractivity contribution in [2.45, 2.75) is 25.7 Å². The SMILES string of the molecule is O=C(NCC1CCSCC1)C1CC1. The minimum absolute atomic E-state index is 0.304. The Morgan fingerprint density at radius 1 is 1.23 bits per heavy atom. The average Bonchev–Trinajstić information content (AvgIpc) is 2.99. The van der Waals surface area contributed by atoms with Gasteiger partial charge in [-0.15, -0.1) is 0 Å². The minimum Gasteiger partial charge on any atom is -0.356 e. The number of amides is 1. The van der Waals surface area contributed by atoms with Crippen molar-refractivity contribution in [1.82, 2.24) is 5.32 Å². The van der Waals surface area contributed by atoms with Crippen LogP contribution in [0.15, 0.2) is 0 Å². The molecule has 13 heavy (non-hydrogen) atoms. The van der Waals surface area contributed by atoms with Crippen LogP contribution in [0.5, 0.6) is 0 Å². The first kappa shape index (κ1) is 9.38. The molecule has 2 nitrogen and oxygen atoms in total. The number of hydrogen-bond donors (Lipinski definition) is 1. The fraction of sp³-hybridized carbons (Fsp3) is 0.900. The Labute approximate surface area is 83.8 Å². The van der Waals surface area contributed by atoms with Crippen LogP contribution >= 0.6 is 11.8 Å². The Morgan fingerprint density at radius 3 is 2.54 bits per heavy atom. The van der Waals surface area contributed by atoms with Crippen LogP contribution in [0.1, 0.15) is 25.7 Å². The van der Waals surface area contributed by atoms with Gasteiger partial charge in [0, 0.05) is 12.5 Å². The third-order valence-corrected chi connectivity index (χ3v) is 3.90. The van der Waals surface area contributed by atoms with Crippen molar-refractivity contribution in [2.24, 2.45) is 11.8 Å². The van der Waals surface area contributed by atoms with Gasteiger partial charge in [0.2, 0.25) is 5.91 Å². The summed E-state index contributed by atoms with van der Waals surface area (Å²) in [4.78, 5) is 11.3. The van der Waals surface area contributed by atoms with Crippen LogP contribution in [0.25, 0.3) is 0 Å². The van der Waals surface area contributed by atoms with E-state index in [-0.39, 0.29) is 0 Å². The molecule has 0 atom stereocenters. The predicted molar refractivity (Wildman–Crippen MR) is 55.8 cm³/mol. The molecule has 0 bridgehead atoms. The Bertz CT molecular complexity index is 185. The monoisotopic (exact) mass is 199 g/mol. The molecule has 1 aliphatic carbocycles. The van der Waals surface area contributed by atoms with Crippen molar-refractivity contribution < 1.29 is 4.79 Å². The van der Waals surface area contributed by atoms with E-state index in [4.69, 9.17) is 0 Å². The second-order valence-corrected chi connectivity index (χ2v) is 5.30. The van der Waals surface area contributed by atoms with Crippen molar-refractivity contribution in [3.8, 4) is 0 Å². The van der Waals surface area contributed by atoms with E-state index < -0.39 is 0 Å². The molecule has 1 heterocycles. The lowest BCUT2D eigenvalue weighted by molar-refractivity contribution is -0.122. The van der Waals surface area contributed by atoms with E-state index in [2.05, 4.69) is 5.32 Å². The van der Waals surface area contributed by atoms with Gasteiger partial charge in [-0.1, -0.05) is 0 Å². The van der Waals surface area contributed by atoms with Gasteiger partial charge in [-0.2, -0.15) is 11.8 Å². The van der Waals surface area contributed by atoms with Crippen LogP contribution < -0.4 is 5.32 Å². The molecule has 0 spiro atoms. The minimum atomic E-state index is 0.304. The first-order valence-corrected chi connectivity index (χ1v) is 6.37. The summed E-state index contributed by atoms with van der Waals surface area (Å²) in [5, 5.41) is 3.07. The maximum atomic E-state index is 11.3. The lowest BCUT2D eigenvalue weighted by Crippen LogP contribution is -2.31. The molecule has 2 rings (SSSR count). The molecule has 74 valence electrons. The van der Waals surface area contributed by atoms with Gasteiger partial charge in [0.25, 0.3) is 0 Å². The van der Waals surface area contributed by atoms with Crippen molar-refractivity contribution in [3.63, 3.8) is 0 Å². The Morgan fingerprint density at radius 2 is 1.92 bits per heavy atom. The van der Waals surface area contributed by atoms with E-state index >= 15 is 0 Å². The highest BCUT2D eigenvalue weighted by Gasteiger charge is 2.29. The summed E-state index contributed by atoms with van der Waals surface area (Å²) >= 11 is 2.04. The normalized spacial score (nSPS) is 24.3. The molecule has 1 N–H and O–H groups in total. The van der Waals surface area contributed by atoms with E-state index in [1.165, 1.54) is 24.3 Å². The van der Waals surface area contributed by atoms with Crippen LogP contribution in [0.4, 0.5) is 0 Å². The molecule has 1 saturated heterocycles. The van der Waals surface area contributed by atoms with Gasteiger partial charge in [0.05, 0.1) is 0 Å².